The fourth-order valence-corrected chi connectivity index (χ4v) is 3.20. The van der Waals surface area contributed by atoms with Gasteiger partial charge in [0.2, 0.25) is 0 Å². The molecule has 0 bridgehead atoms. The Morgan fingerprint density at radius 3 is 2.32 bits per heavy atom. The van der Waals surface area contributed by atoms with Crippen LogP contribution < -0.4 is 0 Å². The predicted molar refractivity (Wildman–Crippen MR) is 86.9 cm³/mol. The third-order valence-corrected chi connectivity index (χ3v) is 4.61. The number of carbonyl (C=O) groups is 1. The molecule has 0 saturated heterocycles. The van der Waals surface area contributed by atoms with Gasteiger partial charge in [0.1, 0.15) is 11.6 Å². The van der Waals surface area contributed by atoms with Gasteiger partial charge >= 0.3 is 0 Å². The molecule has 22 heavy (non-hydrogen) atoms. The van der Waals surface area contributed by atoms with Crippen LogP contribution in [0.2, 0.25) is 0 Å². The van der Waals surface area contributed by atoms with E-state index in [0.717, 1.165) is 24.0 Å². The Hall–Kier alpha value is -2.22. The number of hydrogen-bond donors (Lipinski definition) is 0. The summed E-state index contributed by atoms with van der Waals surface area (Å²) in [6, 6.07) is 16.5. The van der Waals surface area contributed by atoms with Gasteiger partial charge in [-0.05, 0) is 48.1 Å². The molecule has 0 unspecified atom stereocenters. The molecule has 0 N–H and O–H groups in total. The predicted octanol–water partition coefficient (Wildman–Crippen LogP) is 4.82. The van der Waals surface area contributed by atoms with Crippen LogP contribution >= 0.6 is 0 Å². The van der Waals surface area contributed by atoms with E-state index in [1.165, 1.54) is 17.7 Å². The van der Waals surface area contributed by atoms with Crippen molar-refractivity contribution in [3.05, 3.63) is 78.1 Å². The van der Waals surface area contributed by atoms with Crippen LogP contribution in [0, 0.1) is 11.2 Å². The number of allylic oxidation sites excluding steroid dienone is 1. The first-order chi connectivity index (χ1) is 10.6. The largest absolute Gasteiger partial charge is 0.299 e. The van der Waals surface area contributed by atoms with Crippen molar-refractivity contribution < 1.29 is 9.18 Å². The van der Waals surface area contributed by atoms with E-state index in [2.05, 4.69) is 18.7 Å². The van der Waals surface area contributed by atoms with Crippen molar-refractivity contribution in [2.24, 2.45) is 5.41 Å². The summed E-state index contributed by atoms with van der Waals surface area (Å²) in [5.41, 5.74) is 2.67. The fourth-order valence-electron chi connectivity index (χ4n) is 3.20. The van der Waals surface area contributed by atoms with E-state index in [0.29, 0.717) is 18.6 Å². The highest BCUT2D eigenvalue weighted by Crippen LogP contribution is 2.46. The van der Waals surface area contributed by atoms with Crippen LogP contribution in [0.5, 0.6) is 0 Å². The van der Waals surface area contributed by atoms with Crippen molar-refractivity contribution in [1.29, 1.82) is 0 Å². The van der Waals surface area contributed by atoms with Crippen LogP contribution in [-0.4, -0.2) is 5.78 Å². The quantitative estimate of drug-likeness (QED) is 0.772. The first-order valence-electron chi connectivity index (χ1n) is 7.60. The summed E-state index contributed by atoms with van der Waals surface area (Å²) in [5.74, 6) is 0.0647. The van der Waals surface area contributed by atoms with Gasteiger partial charge in [-0.3, -0.25) is 4.79 Å². The third kappa shape index (κ3) is 2.87. The summed E-state index contributed by atoms with van der Waals surface area (Å²) >= 11 is 0. The molecule has 1 aliphatic rings. The number of carbonyl (C=O) groups excluding carboxylic acids is 1. The molecule has 0 amide bonds. The van der Waals surface area contributed by atoms with E-state index in [1.54, 1.807) is 12.1 Å². The molecule has 0 radical (unpaired) electrons. The maximum atomic E-state index is 13.0. The molecule has 0 heterocycles. The highest BCUT2D eigenvalue weighted by molar-refractivity contribution is 5.92. The molecule has 1 fully saturated rings. The van der Waals surface area contributed by atoms with Crippen LogP contribution in [0.3, 0.4) is 0 Å². The van der Waals surface area contributed by atoms with Gasteiger partial charge in [0.15, 0.2) is 0 Å². The minimum atomic E-state index is -0.327. The van der Waals surface area contributed by atoms with E-state index < -0.39 is 0 Å². The Balaban J connectivity index is 1.78. The smallest absolute Gasteiger partial charge is 0.139 e. The monoisotopic (exact) mass is 294 g/mol. The van der Waals surface area contributed by atoms with Crippen LogP contribution in [-0.2, 0) is 11.2 Å². The van der Waals surface area contributed by atoms with Gasteiger partial charge in [0, 0.05) is 11.8 Å². The maximum Gasteiger partial charge on any atom is 0.139 e. The van der Waals surface area contributed by atoms with Gasteiger partial charge in [-0.15, -0.1) is 0 Å². The molecule has 1 nitrogen and oxygen atoms in total. The Bertz CT molecular complexity index is 687. The Morgan fingerprint density at radius 2 is 1.77 bits per heavy atom. The standard InChI is InChI=1S/C20H19FO/c1-15(17-7-9-18(21)10-8-17)13-20(12-11-19(20)22)14-16-5-3-2-4-6-16/h2-10H,1,11-14H2/t20-/m0/s1. The lowest BCUT2D eigenvalue weighted by molar-refractivity contribution is -0.137. The molecule has 2 aromatic rings. The number of halogens is 1. The Labute approximate surface area is 130 Å². The van der Waals surface area contributed by atoms with Crippen LogP contribution in [0.4, 0.5) is 4.39 Å². The Morgan fingerprint density at radius 1 is 1.09 bits per heavy atom. The molecule has 0 spiro atoms. The van der Waals surface area contributed by atoms with Crippen LogP contribution in [0.25, 0.3) is 5.57 Å². The minimum Gasteiger partial charge on any atom is -0.299 e. The molecule has 2 heteroatoms. The lowest BCUT2D eigenvalue weighted by atomic mass is 9.61. The van der Waals surface area contributed by atoms with E-state index in [-0.39, 0.29) is 11.2 Å². The van der Waals surface area contributed by atoms with E-state index in [4.69, 9.17) is 0 Å². The summed E-state index contributed by atoms with van der Waals surface area (Å²) in [4.78, 5) is 12.3. The molecule has 3 rings (SSSR count). The summed E-state index contributed by atoms with van der Waals surface area (Å²) in [7, 11) is 0. The zero-order chi connectivity index (χ0) is 15.6. The number of Topliss-reactive ketones (excluding diaryl/α,β-unsaturated/α-hetero) is 1. The average molecular weight is 294 g/mol. The molecule has 0 aromatic heterocycles. The van der Waals surface area contributed by atoms with Gasteiger partial charge < -0.3 is 0 Å². The zero-order valence-electron chi connectivity index (χ0n) is 12.5. The second-order valence-electron chi connectivity index (χ2n) is 6.15. The van der Waals surface area contributed by atoms with Gasteiger partial charge in [0.25, 0.3) is 0 Å². The third-order valence-electron chi connectivity index (χ3n) is 4.61. The lowest BCUT2D eigenvalue weighted by Gasteiger charge is -2.41. The molecule has 0 aliphatic heterocycles. The van der Waals surface area contributed by atoms with Crippen LogP contribution in [0.1, 0.15) is 30.4 Å². The second-order valence-corrected chi connectivity index (χ2v) is 6.15. The highest BCUT2D eigenvalue weighted by Gasteiger charge is 2.45. The summed E-state index contributed by atoms with van der Waals surface area (Å²) in [5, 5.41) is 0. The normalized spacial score (nSPS) is 20.5. The van der Waals surface area contributed by atoms with Gasteiger partial charge in [-0.2, -0.15) is 0 Å². The van der Waals surface area contributed by atoms with E-state index >= 15 is 0 Å². The van der Waals surface area contributed by atoms with Crippen molar-refractivity contribution in [2.45, 2.75) is 25.7 Å². The molecule has 1 atom stereocenters. The summed E-state index contributed by atoms with van der Waals surface area (Å²) in [6.45, 7) is 4.12. The highest BCUT2D eigenvalue weighted by atomic mass is 19.1. The summed E-state index contributed by atoms with van der Waals surface area (Å²) in [6.07, 6.45) is 2.96. The van der Waals surface area contributed by atoms with Crippen molar-refractivity contribution in [1.82, 2.24) is 0 Å². The number of benzene rings is 2. The fraction of sp³-hybridized carbons (Fsp3) is 0.250. The van der Waals surface area contributed by atoms with Gasteiger partial charge in [-0.25, -0.2) is 4.39 Å². The Kier molecular flexibility index (Phi) is 3.93. The SMILES string of the molecule is C=C(C[C@]1(Cc2ccccc2)CCC1=O)c1ccc(F)cc1. The van der Waals surface area contributed by atoms with E-state index in [1.807, 2.05) is 18.2 Å². The van der Waals surface area contributed by atoms with E-state index in [9.17, 15) is 9.18 Å². The number of hydrogen-bond acceptors (Lipinski definition) is 1. The zero-order valence-corrected chi connectivity index (χ0v) is 12.5. The lowest BCUT2D eigenvalue weighted by Crippen LogP contribution is -2.42. The second kappa shape index (κ2) is 5.88. The van der Waals surface area contributed by atoms with Crippen molar-refractivity contribution >= 4 is 11.4 Å². The molecule has 1 aliphatic carbocycles. The van der Waals surface area contributed by atoms with Gasteiger partial charge in [-0.1, -0.05) is 49.0 Å². The molecule has 1 saturated carbocycles. The summed E-state index contributed by atoms with van der Waals surface area (Å²) < 4.78 is 13.0. The number of rotatable bonds is 5. The maximum absolute atomic E-state index is 13.0. The first-order valence-corrected chi connectivity index (χ1v) is 7.60. The van der Waals surface area contributed by atoms with Crippen molar-refractivity contribution in [3.8, 4) is 0 Å². The first kappa shape index (κ1) is 14.7. The number of ketones is 1. The minimum absolute atomic E-state index is 0.254. The topological polar surface area (TPSA) is 17.1 Å². The van der Waals surface area contributed by atoms with Gasteiger partial charge in [0.05, 0.1) is 0 Å². The van der Waals surface area contributed by atoms with Crippen LogP contribution in [0.15, 0.2) is 61.2 Å². The molecule has 112 valence electrons. The van der Waals surface area contributed by atoms with Crippen molar-refractivity contribution in [3.63, 3.8) is 0 Å². The average Bonchev–Trinajstić information content (AvgIpc) is 2.54. The molecular weight excluding hydrogens is 275 g/mol. The molecule has 2 aromatic carbocycles. The molecular formula is C20H19FO. The van der Waals surface area contributed by atoms with Crippen molar-refractivity contribution in [2.75, 3.05) is 0 Å².